The third-order valence-corrected chi connectivity index (χ3v) is 6.83. The Kier molecular flexibility index (Phi) is 6.37. The van der Waals surface area contributed by atoms with E-state index >= 15 is 0 Å². The van der Waals surface area contributed by atoms with E-state index in [2.05, 4.69) is 28.3 Å². The Morgan fingerprint density at radius 3 is 2.81 bits per heavy atom. The van der Waals surface area contributed by atoms with E-state index in [1.807, 2.05) is 0 Å². The van der Waals surface area contributed by atoms with Gasteiger partial charge in [-0.15, -0.1) is 11.3 Å². The van der Waals surface area contributed by atoms with Gasteiger partial charge in [0.15, 0.2) is 6.10 Å². The second kappa shape index (κ2) is 9.37. The number of nitrogens with zero attached hydrogens (tertiary/aromatic N) is 2. The quantitative estimate of drug-likeness (QED) is 0.531. The number of H-pyrrole nitrogens is 1. The summed E-state index contributed by atoms with van der Waals surface area (Å²) in [6.07, 6.45) is 5.58. The van der Waals surface area contributed by atoms with E-state index < -0.39 is 18.0 Å². The highest BCUT2D eigenvalue weighted by Crippen LogP contribution is 2.39. The van der Waals surface area contributed by atoms with E-state index in [0.717, 1.165) is 35.3 Å². The van der Waals surface area contributed by atoms with Crippen molar-refractivity contribution in [3.8, 4) is 17.5 Å². The maximum Gasteiger partial charge on any atom is 0.338 e. The molecule has 0 fully saturated rings. The standard InChI is InChI=1S/C24H24N4O3S/c1-3-19(31-24(30)16-7-5-15(6-8-16)21-26-10-11-27-21)22(29)28-23-18(13-25)17-9-4-14(2)12-20(17)32-23/h5-8,10-11,14,19H,3-4,9,12H2,1-2H3,(H,26,27)(H,28,29). The van der Waals surface area contributed by atoms with Crippen LogP contribution in [0.25, 0.3) is 11.4 Å². The van der Waals surface area contributed by atoms with Crippen LogP contribution in [0.15, 0.2) is 36.7 Å². The number of aromatic nitrogens is 2. The minimum Gasteiger partial charge on any atom is -0.449 e. The number of fused-ring (bicyclic) bond motifs is 1. The highest BCUT2D eigenvalue weighted by Gasteiger charge is 2.27. The number of ether oxygens (including phenoxy) is 1. The van der Waals surface area contributed by atoms with Crippen LogP contribution in [-0.2, 0) is 22.4 Å². The molecule has 32 heavy (non-hydrogen) atoms. The molecule has 1 aromatic carbocycles. The maximum absolute atomic E-state index is 12.9. The summed E-state index contributed by atoms with van der Waals surface area (Å²) in [5, 5.41) is 13.0. The highest BCUT2D eigenvalue weighted by atomic mass is 32.1. The van der Waals surface area contributed by atoms with Gasteiger partial charge in [-0.25, -0.2) is 9.78 Å². The number of hydrogen-bond acceptors (Lipinski definition) is 6. The van der Waals surface area contributed by atoms with Crippen LogP contribution in [-0.4, -0.2) is 27.9 Å². The van der Waals surface area contributed by atoms with Gasteiger partial charge in [0.25, 0.3) is 5.91 Å². The SMILES string of the molecule is CCC(OC(=O)c1ccc(-c2ncc[nH]2)cc1)C(=O)Nc1sc2c(c1C#N)CCC(C)C2. The fourth-order valence-electron chi connectivity index (χ4n) is 3.86. The van der Waals surface area contributed by atoms with E-state index in [9.17, 15) is 14.9 Å². The van der Waals surface area contributed by atoms with Crippen molar-refractivity contribution < 1.29 is 14.3 Å². The van der Waals surface area contributed by atoms with Crippen LogP contribution in [0.4, 0.5) is 5.00 Å². The van der Waals surface area contributed by atoms with Crippen molar-refractivity contribution in [2.24, 2.45) is 5.92 Å². The first-order valence-corrected chi connectivity index (χ1v) is 11.5. The number of rotatable bonds is 6. The van der Waals surface area contributed by atoms with Crippen LogP contribution in [0.2, 0.25) is 0 Å². The Morgan fingerprint density at radius 2 is 2.16 bits per heavy atom. The summed E-state index contributed by atoms with van der Waals surface area (Å²) in [6, 6.07) is 9.08. The van der Waals surface area contributed by atoms with E-state index in [1.54, 1.807) is 43.6 Å². The molecule has 0 spiro atoms. The van der Waals surface area contributed by atoms with E-state index in [1.165, 1.54) is 11.3 Å². The third kappa shape index (κ3) is 4.43. The third-order valence-electron chi connectivity index (χ3n) is 5.67. The molecular formula is C24H24N4O3S. The molecule has 7 nitrogen and oxygen atoms in total. The zero-order chi connectivity index (χ0) is 22.7. The van der Waals surface area contributed by atoms with Crippen molar-refractivity contribution in [2.75, 3.05) is 5.32 Å². The molecule has 0 radical (unpaired) electrons. The summed E-state index contributed by atoms with van der Waals surface area (Å²) >= 11 is 1.46. The van der Waals surface area contributed by atoms with Crippen molar-refractivity contribution in [3.63, 3.8) is 0 Å². The van der Waals surface area contributed by atoms with E-state index in [-0.39, 0.29) is 0 Å². The molecule has 2 atom stereocenters. The summed E-state index contributed by atoms with van der Waals surface area (Å²) < 4.78 is 5.49. The van der Waals surface area contributed by atoms with Crippen LogP contribution in [0.5, 0.6) is 0 Å². The molecule has 2 heterocycles. The number of esters is 1. The molecule has 0 bridgehead atoms. The summed E-state index contributed by atoms with van der Waals surface area (Å²) in [6.45, 7) is 3.98. The molecule has 0 aliphatic heterocycles. The lowest BCUT2D eigenvalue weighted by Crippen LogP contribution is -2.32. The van der Waals surface area contributed by atoms with Gasteiger partial charge < -0.3 is 15.0 Å². The summed E-state index contributed by atoms with van der Waals surface area (Å²) in [5.74, 6) is 0.283. The predicted octanol–water partition coefficient (Wildman–Crippen LogP) is 4.71. The second-order valence-electron chi connectivity index (χ2n) is 7.97. The topological polar surface area (TPSA) is 108 Å². The van der Waals surface area contributed by atoms with Crippen LogP contribution >= 0.6 is 11.3 Å². The molecule has 1 aliphatic rings. The second-order valence-corrected chi connectivity index (χ2v) is 9.08. The smallest absolute Gasteiger partial charge is 0.338 e. The van der Waals surface area contributed by atoms with Crippen molar-refractivity contribution in [1.82, 2.24) is 9.97 Å². The number of nitrogens with one attached hydrogen (secondary N) is 2. The monoisotopic (exact) mass is 448 g/mol. The molecule has 0 saturated carbocycles. The molecule has 2 aromatic heterocycles. The molecule has 164 valence electrons. The number of amides is 1. The van der Waals surface area contributed by atoms with Crippen LogP contribution in [0, 0.1) is 17.2 Å². The van der Waals surface area contributed by atoms with Crippen molar-refractivity contribution >= 4 is 28.2 Å². The van der Waals surface area contributed by atoms with Crippen LogP contribution in [0.3, 0.4) is 0 Å². The van der Waals surface area contributed by atoms with Gasteiger partial charge in [0.2, 0.25) is 0 Å². The molecule has 2 unspecified atom stereocenters. The van der Waals surface area contributed by atoms with Gasteiger partial charge in [0, 0.05) is 22.8 Å². The number of hydrogen-bond donors (Lipinski definition) is 2. The number of carbonyl (C=O) groups is 2. The first-order chi connectivity index (χ1) is 15.5. The molecule has 0 saturated heterocycles. The zero-order valence-electron chi connectivity index (χ0n) is 18.0. The number of nitriles is 1. The number of benzene rings is 1. The lowest BCUT2D eigenvalue weighted by atomic mass is 9.88. The summed E-state index contributed by atoms with van der Waals surface area (Å²) in [7, 11) is 0. The number of thiophene rings is 1. The van der Waals surface area contributed by atoms with Gasteiger partial charge in [-0.2, -0.15) is 5.26 Å². The Morgan fingerprint density at radius 1 is 1.38 bits per heavy atom. The normalized spacial score (nSPS) is 16.0. The van der Waals surface area contributed by atoms with Gasteiger partial charge in [0.1, 0.15) is 16.9 Å². The fraction of sp³-hybridized carbons (Fsp3) is 0.333. The number of aromatic amines is 1. The zero-order valence-corrected chi connectivity index (χ0v) is 18.8. The van der Waals surface area contributed by atoms with Crippen molar-refractivity contribution in [3.05, 3.63) is 58.2 Å². The predicted molar refractivity (Wildman–Crippen MR) is 122 cm³/mol. The van der Waals surface area contributed by atoms with Crippen LogP contribution < -0.4 is 5.32 Å². The molecule has 8 heteroatoms. The first kappa shape index (κ1) is 21.8. The largest absolute Gasteiger partial charge is 0.449 e. The minimum atomic E-state index is -0.947. The lowest BCUT2D eigenvalue weighted by Gasteiger charge is -2.17. The molecule has 1 amide bonds. The van der Waals surface area contributed by atoms with E-state index in [4.69, 9.17) is 4.74 Å². The number of imidazole rings is 1. The maximum atomic E-state index is 12.9. The average molecular weight is 449 g/mol. The molecule has 3 aromatic rings. The Bertz CT molecular complexity index is 1160. The van der Waals surface area contributed by atoms with Crippen molar-refractivity contribution in [1.29, 1.82) is 5.26 Å². The number of anilines is 1. The average Bonchev–Trinajstić information content (AvgIpc) is 3.44. The van der Waals surface area contributed by atoms with Crippen LogP contribution in [0.1, 0.15) is 53.1 Å². The summed E-state index contributed by atoms with van der Waals surface area (Å²) in [4.78, 5) is 33.8. The number of carbonyl (C=O) groups excluding carboxylic acids is 2. The van der Waals surface area contributed by atoms with Gasteiger partial charge in [-0.1, -0.05) is 26.0 Å². The summed E-state index contributed by atoms with van der Waals surface area (Å²) in [5.41, 5.74) is 2.79. The highest BCUT2D eigenvalue weighted by molar-refractivity contribution is 7.16. The molecule has 2 N–H and O–H groups in total. The minimum absolute atomic E-state index is 0.325. The molecular weight excluding hydrogens is 424 g/mol. The van der Waals surface area contributed by atoms with Gasteiger partial charge >= 0.3 is 5.97 Å². The Balaban J connectivity index is 1.44. The Hall–Kier alpha value is -3.44. The van der Waals surface area contributed by atoms with Crippen molar-refractivity contribution in [2.45, 2.75) is 45.6 Å². The lowest BCUT2D eigenvalue weighted by molar-refractivity contribution is -0.124. The van der Waals surface area contributed by atoms with Gasteiger partial charge in [0.05, 0.1) is 11.1 Å². The fourth-order valence-corrected chi connectivity index (χ4v) is 5.22. The molecule has 4 rings (SSSR count). The Labute approximate surface area is 190 Å². The van der Waals surface area contributed by atoms with Gasteiger partial charge in [-0.05, 0) is 49.3 Å². The van der Waals surface area contributed by atoms with E-state index in [0.29, 0.717) is 34.3 Å². The first-order valence-electron chi connectivity index (χ1n) is 10.7. The van der Waals surface area contributed by atoms with Gasteiger partial charge in [-0.3, -0.25) is 4.79 Å². The molecule has 1 aliphatic carbocycles.